The summed E-state index contributed by atoms with van der Waals surface area (Å²) >= 11 is 0. The number of hydrogen-bond acceptors (Lipinski definition) is 3. The fourth-order valence-electron chi connectivity index (χ4n) is 1.54. The SMILES string of the molecule is C=CCCC#CC(C)(C)CO[PH](=O)OCC(C)(C)C#CCCC=C. The van der Waals surface area contributed by atoms with E-state index in [4.69, 9.17) is 9.05 Å². The van der Waals surface area contributed by atoms with Crippen molar-refractivity contribution in [2.24, 2.45) is 10.8 Å². The van der Waals surface area contributed by atoms with Crippen molar-refractivity contribution in [2.75, 3.05) is 13.2 Å². The largest absolute Gasteiger partial charge is 0.319 e. The molecule has 0 spiro atoms. The van der Waals surface area contributed by atoms with E-state index in [0.29, 0.717) is 0 Å². The van der Waals surface area contributed by atoms with E-state index < -0.39 is 8.25 Å². The molecule has 0 heterocycles. The van der Waals surface area contributed by atoms with Gasteiger partial charge in [0.2, 0.25) is 0 Å². The second-order valence-corrected chi connectivity index (χ2v) is 7.93. The van der Waals surface area contributed by atoms with Crippen molar-refractivity contribution in [3.63, 3.8) is 0 Å². The van der Waals surface area contributed by atoms with Crippen LogP contribution in [0.2, 0.25) is 0 Å². The molecule has 0 saturated heterocycles. The smallest absolute Gasteiger partial charge is 0.309 e. The summed E-state index contributed by atoms with van der Waals surface area (Å²) in [5, 5.41) is 0. The molecule has 0 atom stereocenters. The molecule has 3 nitrogen and oxygen atoms in total. The van der Waals surface area contributed by atoms with Gasteiger partial charge in [-0.25, -0.2) is 0 Å². The van der Waals surface area contributed by atoms with Gasteiger partial charge < -0.3 is 9.05 Å². The Balaban J connectivity index is 4.23. The van der Waals surface area contributed by atoms with Gasteiger partial charge in [0, 0.05) is 23.7 Å². The van der Waals surface area contributed by atoms with Crippen LogP contribution in [0.1, 0.15) is 53.4 Å². The highest BCUT2D eigenvalue weighted by Crippen LogP contribution is 2.30. The molecule has 0 aromatic carbocycles. The van der Waals surface area contributed by atoms with E-state index in [9.17, 15) is 4.57 Å². The Labute approximate surface area is 148 Å². The predicted molar refractivity (Wildman–Crippen MR) is 103 cm³/mol. The van der Waals surface area contributed by atoms with Crippen LogP contribution < -0.4 is 0 Å². The van der Waals surface area contributed by atoms with Gasteiger partial charge in [0.25, 0.3) is 0 Å². The Morgan fingerprint density at radius 2 is 1.25 bits per heavy atom. The average molecular weight is 350 g/mol. The molecule has 0 bridgehead atoms. The highest BCUT2D eigenvalue weighted by atomic mass is 31.1. The first-order valence-electron chi connectivity index (χ1n) is 8.24. The summed E-state index contributed by atoms with van der Waals surface area (Å²) in [4.78, 5) is 0. The van der Waals surface area contributed by atoms with Crippen molar-refractivity contribution in [3.05, 3.63) is 25.3 Å². The molecule has 134 valence electrons. The zero-order valence-electron chi connectivity index (χ0n) is 15.5. The van der Waals surface area contributed by atoms with Gasteiger partial charge in [0.05, 0.1) is 13.2 Å². The lowest BCUT2D eigenvalue weighted by Gasteiger charge is -2.20. The summed E-state index contributed by atoms with van der Waals surface area (Å²) in [7, 11) is -2.54. The molecule has 0 saturated carbocycles. The van der Waals surface area contributed by atoms with E-state index in [-0.39, 0.29) is 24.0 Å². The minimum atomic E-state index is -2.54. The van der Waals surface area contributed by atoms with Gasteiger partial charge in [-0.15, -0.1) is 25.0 Å². The second-order valence-electron chi connectivity index (χ2n) is 6.85. The number of allylic oxidation sites excluding steroid dienone is 2. The Morgan fingerprint density at radius 1 is 0.875 bits per heavy atom. The van der Waals surface area contributed by atoms with Gasteiger partial charge >= 0.3 is 8.25 Å². The molecule has 0 radical (unpaired) electrons. The molecular formula is C20H31O3P. The normalized spacial score (nSPS) is 11.2. The van der Waals surface area contributed by atoms with E-state index in [2.05, 4.69) is 36.8 Å². The molecule has 0 N–H and O–H groups in total. The third-order valence-corrected chi connectivity index (χ3v) is 3.66. The highest BCUT2D eigenvalue weighted by Gasteiger charge is 2.19. The minimum Gasteiger partial charge on any atom is -0.309 e. The molecule has 0 fully saturated rings. The third kappa shape index (κ3) is 13.2. The van der Waals surface area contributed by atoms with Crippen molar-refractivity contribution in [3.8, 4) is 23.7 Å². The molecule has 24 heavy (non-hydrogen) atoms. The summed E-state index contributed by atoms with van der Waals surface area (Å²) in [6, 6.07) is 0. The topological polar surface area (TPSA) is 35.5 Å². The minimum absolute atomic E-state index is 0.275. The Kier molecular flexibility index (Phi) is 11.5. The van der Waals surface area contributed by atoms with E-state index in [1.54, 1.807) is 0 Å². The van der Waals surface area contributed by atoms with E-state index >= 15 is 0 Å². The summed E-state index contributed by atoms with van der Waals surface area (Å²) < 4.78 is 22.6. The first kappa shape index (κ1) is 22.8. The van der Waals surface area contributed by atoms with Crippen molar-refractivity contribution in [2.45, 2.75) is 53.4 Å². The van der Waals surface area contributed by atoms with Gasteiger partial charge in [-0.2, -0.15) is 0 Å². The summed E-state index contributed by atoms with van der Waals surface area (Å²) in [6.45, 7) is 15.7. The zero-order valence-corrected chi connectivity index (χ0v) is 16.5. The van der Waals surface area contributed by atoms with Crippen LogP contribution in [-0.4, -0.2) is 13.2 Å². The van der Waals surface area contributed by atoms with Crippen LogP contribution in [0, 0.1) is 34.5 Å². The fraction of sp³-hybridized carbons (Fsp3) is 0.600. The quantitative estimate of drug-likeness (QED) is 0.229. The van der Waals surface area contributed by atoms with Gasteiger partial charge in [-0.1, -0.05) is 24.0 Å². The maximum atomic E-state index is 11.9. The third-order valence-electron chi connectivity index (χ3n) is 2.90. The van der Waals surface area contributed by atoms with Crippen LogP contribution in [0.5, 0.6) is 0 Å². The van der Waals surface area contributed by atoms with Crippen LogP contribution in [0.4, 0.5) is 0 Å². The summed E-state index contributed by atoms with van der Waals surface area (Å²) in [5.41, 5.74) is -0.713. The first-order valence-corrected chi connectivity index (χ1v) is 9.46. The second kappa shape index (κ2) is 12.2. The van der Waals surface area contributed by atoms with Gasteiger partial charge in [0.1, 0.15) is 0 Å². The Morgan fingerprint density at radius 3 is 1.58 bits per heavy atom. The molecule has 0 unspecified atom stereocenters. The summed E-state index contributed by atoms with van der Waals surface area (Å²) in [6.07, 6.45) is 6.97. The van der Waals surface area contributed by atoms with Crippen molar-refractivity contribution in [1.82, 2.24) is 0 Å². The number of unbranched alkanes of at least 4 members (excludes halogenated alkanes) is 2. The molecule has 0 rings (SSSR count). The summed E-state index contributed by atoms with van der Waals surface area (Å²) in [5.74, 6) is 12.4. The van der Waals surface area contributed by atoms with Crippen molar-refractivity contribution < 1.29 is 13.6 Å². The van der Waals surface area contributed by atoms with Crippen LogP contribution in [-0.2, 0) is 13.6 Å². The van der Waals surface area contributed by atoms with E-state index in [0.717, 1.165) is 25.7 Å². The molecule has 0 aromatic heterocycles. The number of rotatable bonds is 10. The highest BCUT2D eigenvalue weighted by molar-refractivity contribution is 7.33. The Bertz CT molecular complexity index is 491. The van der Waals surface area contributed by atoms with E-state index in [1.165, 1.54) is 0 Å². The lowest BCUT2D eigenvalue weighted by Crippen LogP contribution is -2.17. The monoisotopic (exact) mass is 350 g/mol. The van der Waals surface area contributed by atoms with Crippen LogP contribution in [0.3, 0.4) is 0 Å². The number of hydrogen-bond donors (Lipinski definition) is 0. The van der Waals surface area contributed by atoms with Crippen LogP contribution in [0.25, 0.3) is 0 Å². The zero-order chi connectivity index (χ0) is 18.5. The fourth-order valence-corrected chi connectivity index (χ4v) is 2.59. The average Bonchev–Trinajstić information content (AvgIpc) is 2.52. The maximum Gasteiger partial charge on any atom is 0.319 e. The van der Waals surface area contributed by atoms with Crippen LogP contribution >= 0.6 is 8.25 Å². The molecule has 0 aromatic rings. The molecule has 4 heteroatoms. The van der Waals surface area contributed by atoms with Crippen molar-refractivity contribution in [1.29, 1.82) is 0 Å². The van der Waals surface area contributed by atoms with Crippen molar-refractivity contribution >= 4 is 8.25 Å². The lowest BCUT2D eigenvalue weighted by molar-refractivity contribution is 0.160. The standard InChI is InChI=1S/C20H31O3P/c1-7-9-11-13-15-19(3,4)17-22-24(21)23-18-20(5,6)16-14-12-10-8-2/h7-8,24H,1-2,9-12,17-18H2,3-6H3. The molecule has 0 aliphatic rings. The Hall–Kier alpha value is -1.25. The molecular weight excluding hydrogens is 319 g/mol. The van der Waals surface area contributed by atoms with Gasteiger partial charge in [0.15, 0.2) is 0 Å². The lowest BCUT2D eigenvalue weighted by atomic mass is 9.96. The van der Waals surface area contributed by atoms with Crippen LogP contribution in [0.15, 0.2) is 25.3 Å². The first-order chi connectivity index (χ1) is 11.2. The molecule has 0 aliphatic heterocycles. The maximum absolute atomic E-state index is 11.9. The molecule has 0 amide bonds. The molecule has 0 aliphatic carbocycles. The predicted octanol–water partition coefficient (Wildman–Crippen LogP) is 5.40. The van der Waals surface area contributed by atoms with E-state index in [1.807, 2.05) is 39.8 Å². The van der Waals surface area contributed by atoms with Gasteiger partial charge in [-0.05, 0) is 40.5 Å². The van der Waals surface area contributed by atoms with Gasteiger partial charge in [-0.3, -0.25) is 4.57 Å².